The average molecular weight is 331 g/mol. The molecule has 0 bridgehead atoms. The van der Waals surface area contributed by atoms with Gasteiger partial charge in [-0.15, -0.1) is 11.6 Å². The highest BCUT2D eigenvalue weighted by Gasteiger charge is 2.23. The molecule has 0 heterocycles. The molecule has 1 aliphatic carbocycles. The quantitative estimate of drug-likeness (QED) is 0.837. The number of hydrogen-bond acceptors (Lipinski definition) is 1. The fourth-order valence-electron chi connectivity index (χ4n) is 2.35. The first-order valence-electron chi connectivity index (χ1n) is 6.25. The zero-order chi connectivity index (χ0) is 13.1. The number of carbonyl (C=O) groups excluding carboxylic acids is 1. The summed E-state index contributed by atoms with van der Waals surface area (Å²) >= 11 is 9.53. The molecule has 0 radical (unpaired) electrons. The van der Waals surface area contributed by atoms with Gasteiger partial charge in [0, 0.05) is 16.4 Å². The molecule has 2 atom stereocenters. The lowest BCUT2D eigenvalue weighted by molar-refractivity contribution is 0.0946. The zero-order valence-electron chi connectivity index (χ0n) is 10.4. The molecule has 18 heavy (non-hydrogen) atoms. The van der Waals surface area contributed by atoms with Gasteiger partial charge in [-0.3, -0.25) is 4.79 Å². The topological polar surface area (TPSA) is 29.1 Å². The minimum atomic E-state index is -0.0106. The van der Waals surface area contributed by atoms with Crippen molar-refractivity contribution < 1.29 is 4.79 Å². The standard InChI is InChI=1S/C14H17BrClNO/c1-9-3-2-4-12(13(9)15)14(18)17-8-10-5-6-11(16)7-10/h2-4,10-11H,5-8H2,1H3,(H,17,18). The normalized spacial score (nSPS) is 23.1. The lowest BCUT2D eigenvalue weighted by Gasteiger charge is -2.12. The van der Waals surface area contributed by atoms with E-state index in [2.05, 4.69) is 21.2 Å². The summed E-state index contributed by atoms with van der Waals surface area (Å²) in [6.45, 7) is 2.71. The summed E-state index contributed by atoms with van der Waals surface area (Å²) in [6.07, 6.45) is 3.19. The molecule has 1 fully saturated rings. The summed E-state index contributed by atoms with van der Waals surface area (Å²) in [5.41, 5.74) is 1.78. The van der Waals surface area contributed by atoms with Gasteiger partial charge >= 0.3 is 0 Å². The molecule has 1 amide bonds. The highest BCUT2D eigenvalue weighted by molar-refractivity contribution is 9.10. The Kier molecular flexibility index (Phi) is 4.68. The van der Waals surface area contributed by atoms with Crippen LogP contribution in [0.3, 0.4) is 0 Å². The van der Waals surface area contributed by atoms with E-state index in [1.807, 2.05) is 25.1 Å². The molecule has 2 unspecified atom stereocenters. The third kappa shape index (κ3) is 3.27. The van der Waals surface area contributed by atoms with Crippen LogP contribution in [0.15, 0.2) is 22.7 Å². The van der Waals surface area contributed by atoms with Crippen LogP contribution in [0, 0.1) is 12.8 Å². The summed E-state index contributed by atoms with van der Waals surface area (Å²) in [4.78, 5) is 12.1. The Morgan fingerprint density at radius 1 is 1.50 bits per heavy atom. The summed E-state index contributed by atoms with van der Waals surface area (Å²) in [7, 11) is 0. The molecular weight excluding hydrogens is 314 g/mol. The van der Waals surface area contributed by atoms with Gasteiger partial charge in [-0.05, 0) is 59.7 Å². The zero-order valence-corrected chi connectivity index (χ0v) is 12.7. The Labute approximate surface area is 121 Å². The summed E-state index contributed by atoms with van der Waals surface area (Å²) in [6, 6.07) is 5.72. The van der Waals surface area contributed by atoms with Gasteiger partial charge in [-0.2, -0.15) is 0 Å². The summed E-state index contributed by atoms with van der Waals surface area (Å²) in [5, 5.41) is 3.29. The number of rotatable bonds is 3. The first-order valence-corrected chi connectivity index (χ1v) is 7.48. The molecule has 0 aromatic heterocycles. The molecular formula is C14H17BrClNO. The lowest BCUT2D eigenvalue weighted by Crippen LogP contribution is -2.28. The largest absolute Gasteiger partial charge is 0.352 e. The van der Waals surface area contributed by atoms with Gasteiger partial charge in [0.05, 0.1) is 5.56 Å². The van der Waals surface area contributed by atoms with Crippen molar-refractivity contribution in [2.24, 2.45) is 5.92 Å². The van der Waals surface area contributed by atoms with Crippen LogP contribution in [-0.2, 0) is 0 Å². The van der Waals surface area contributed by atoms with E-state index in [4.69, 9.17) is 11.6 Å². The van der Waals surface area contributed by atoms with Crippen LogP contribution in [0.4, 0.5) is 0 Å². The summed E-state index contributed by atoms with van der Waals surface area (Å²) in [5.74, 6) is 0.517. The molecule has 1 aromatic rings. The lowest BCUT2D eigenvalue weighted by atomic mass is 10.1. The predicted molar refractivity (Wildman–Crippen MR) is 78.2 cm³/mol. The van der Waals surface area contributed by atoms with Crippen LogP contribution in [0.2, 0.25) is 0 Å². The van der Waals surface area contributed by atoms with Crippen LogP contribution >= 0.6 is 27.5 Å². The molecule has 0 spiro atoms. The molecule has 1 N–H and O–H groups in total. The van der Waals surface area contributed by atoms with E-state index < -0.39 is 0 Å². The van der Waals surface area contributed by atoms with Gasteiger partial charge in [-0.1, -0.05) is 12.1 Å². The van der Waals surface area contributed by atoms with E-state index in [-0.39, 0.29) is 11.3 Å². The van der Waals surface area contributed by atoms with Gasteiger partial charge in [0.2, 0.25) is 0 Å². The molecule has 0 saturated heterocycles. The van der Waals surface area contributed by atoms with Crippen LogP contribution in [-0.4, -0.2) is 17.8 Å². The van der Waals surface area contributed by atoms with Crippen molar-refractivity contribution in [3.8, 4) is 0 Å². The van der Waals surface area contributed by atoms with Gasteiger partial charge in [0.1, 0.15) is 0 Å². The van der Waals surface area contributed by atoms with Crippen molar-refractivity contribution >= 4 is 33.4 Å². The Balaban J connectivity index is 1.94. The maximum Gasteiger partial charge on any atom is 0.252 e. The molecule has 2 nitrogen and oxygen atoms in total. The fourth-order valence-corrected chi connectivity index (χ4v) is 3.18. The number of carbonyl (C=O) groups is 1. The molecule has 2 rings (SSSR count). The molecule has 98 valence electrons. The van der Waals surface area contributed by atoms with Crippen molar-refractivity contribution in [1.29, 1.82) is 0 Å². The van der Waals surface area contributed by atoms with Gasteiger partial charge in [0.25, 0.3) is 5.91 Å². The molecule has 1 aromatic carbocycles. The Hall–Kier alpha value is -0.540. The minimum Gasteiger partial charge on any atom is -0.352 e. The van der Waals surface area contributed by atoms with E-state index in [1.165, 1.54) is 0 Å². The monoisotopic (exact) mass is 329 g/mol. The maximum atomic E-state index is 12.1. The number of amides is 1. The van der Waals surface area contributed by atoms with Crippen LogP contribution in [0.25, 0.3) is 0 Å². The Morgan fingerprint density at radius 3 is 2.94 bits per heavy atom. The van der Waals surface area contributed by atoms with E-state index in [1.54, 1.807) is 0 Å². The van der Waals surface area contributed by atoms with Gasteiger partial charge < -0.3 is 5.32 Å². The molecule has 1 aliphatic rings. The van der Waals surface area contributed by atoms with E-state index in [9.17, 15) is 4.79 Å². The Morgan fingerprint density at radius 2 is 2.28 bits per heavy atom. The van der Waals surface area contributed by atoms with E-state index in [0.29, 0.717) is 11.5 Å². The van der Waals surface area contributed by atoms with E-state index >= 15 is 0 Å². The van der Waals surface area contributed by atoms with Crippen LogP contribution < -0.4 is 5.32 Å². The number of alkyl halides is 1. The number of nitrogens with one attached hydrogen (secondary N) is 1. The second-order valence-electron chi connectivity index (χ2n) is 4.92. The number of hydrogen-bond donors (Lipinski definition) is 1. The SMILES string of the molecule is Cc1cccc(C(=O)NCC2CCC(Cl)C2)c1Br. The summed E-state index contributed by atoms with van der Waals surface area (Å²) < 4.78 is 0.879. The third-order valence-electron chi connectivity index (χ3n) is 3.46. The molecule has 4 heteroatoms. The smallest absolute Gasteiger partial charge is 0.252 e. The van der Waals surface area contributed by atoms with Crippen molar-refractivity contribution in [2.45, 2.75) is 31.6 Å². The number of aryl methyl sites for hydroxylation is 1. The van der Waals surface area contributed by atoms with Crippen molar-refractivity contribution in [2.75, 3.05) is 6.54 Å². The Bertz CT molecular complexity index is 449. The van der Waals surface area contributed by atoms with Crippen LogP contribution in [0.5, 0.6) is 0 Å². The predicted octanol–water partition coefficient (Wildman–Crippen LogP) is 3.89. The van der Waals surface area contributed by atoms with Crippen molar-refractivity contribution in [3.05, 3.63) is 33.8 Å². The second-order valence-corrected chi connectivity index (χ2v) is 6.33. The first kappa shape index (κ1) is 13.9. The second kappa shape index (κ2) is 6.07. The van der Waals surface area contributed by atoms with Crippen molar-refractivity contribution in [1.82, 2.24) is 5.32 Å². The highest BCUT2D eigenvalue weighted by Crippen LogP contribution is 2.29. The minimum absolute atomic E-state index is 0.0106. The third-order valence-corrected chi connectivity index (χ3v) is 4.91. The first-order chi connectivity index (χ1) is 8.58. The molecule has 1 saturated carbocycles. The average Bonchev–Trinajstić information content (AvgIpc) is 2.76. The van der Waals surface area contributed by atoms with Crippen molar-refractivity contribution in [3.63, 3.8) is 0 Å². The maximum absolute atomic E-state index is 12.1. The number of benzene rings is 1. The fraction of sp³-hybridized carbons (Fsp3) is 0.500. The number of halogens is 2. The molecule has 0 aliphatic heterocycles. The van der Waals surface area contributed by atoms with Crippen LogP contribution in [0.1, 0.15) is 35.2 Å². The van der Waals surface area contributed by atoms with Gasteiger partial charge in [0.15, 0.2) is 0 Å². The van der Waals surface area contributed by atoms with E-state index in [0.717, 1.165) is 35.8 Å². The van der Waals surface area contributed by atoms with Gasteiger partial charge in [-0.25, -0.2) is 0 Å². The highest BCUT2D eigenvalue weighted by atomic mass is 79.9.